The van der Waals surface area contributed by atoms with Crippen molar-refractivity contribution < 1.29 is 9.18 Å². The molecule has 0 aliphatic heterocycles. The zero-order valence-electron chi connectivity index (χ0n) is 10.5. The molecule has 0 heterocycles. The van der Waals surface area contributed by atoms with Crippen molar-refractivity contribution in [3.8, 4) is 0 Å². The molecule has 1 amide bonds. The van der Waals surface area contributed by atoms with Crippen LogP contribution in [0.25, 0.3) is 0 Å². The van der Waals surface area contributed by atoms with Crippen molar-refractivity contribution in [2.24, 2.45) is 0 Å². The molecule has 0 aliphatic carbocycles. The van der Waals surface area contributed by atoms with Gasteiger partial charge in [0, 0.05) is 10.7 Å². The highest BCUT2D eigenvalue weighted by atomic mass is 35.5. The first-order valence-corrected chi connectivity index (χ1v) is 6.46. The van der Waals surface area contributed by atoms with Gasteiger partial charge in [0.1, 0.15) is 5.82 Å². The Morgan fingerprint density at radius 1 is 1.25 bits per heavy atom. The summed E-state index contributed by atoms with van der Waals surface area (Å²) in [4.78, 5) is 12.1. The Kier molecular flexibility index (Phi) is 4.16. The smallest absolute Gasteiger partial charge is 0.258 e. The summed E-state index contributed by atoms with van der Waals surface area (Å²) in [5.74, 6) is -1.25. The van der Waals surface area contributed by atoms with Crippen LogP contribution in [0, 0.1) is 12.7 Å². The van der Waals surface area contributed by atoms with Crippen molar-refractivity contribution in [3.05, 3.63) is 57.3 Å². The van der Waals surface area contributed by atoms with Crippen molar-refractivity contribution in [2.45, 2.75) is 6.92 Å². The summed E-state index contributed by atoms with van der Waals surface area (Å²) in [7, 11) is 0. The van der Waals surface area contributed by atoms with Gasteiger partial charge in [0.2, 0.25) is 0 Å². The summed E-state index contributed by atoms with van der Waals surface area (Å²) >= 11 is 11.8. The van der Waals surface area contributed by atoms with Gasteiger partial charge < -0.3 is 11.1 Å². The van der Waals surface area contributed by atoms with E-state index in [1.807, 2.05) is 0 Å². The van der Waals surface area contributed by atoms with Crippen LogP contribution >= 0.6 is 23.2 Å². The van der Waals surface area contributed by atoms with Crippen molar-refractivity contribution >= 4 is 40.5 Å². The van der Waals surface area contributed by atoms with Crippen LogP contribution in [0.4, 0.5) is 15.8 Å². The quantitative estimate of drug-likeness (QED) is 0.813. The van der Waals surface area contributed by atoms with Crippen molar-refractivity contribution in [1.29, 1.82) is 0 Å². The van der Waals surface area contributed by atoms with Crippen LogP contribution < -0.4 is 11.1 Å². The molecule has 0 aliphatic rings. The van der Waals surface area contributed by atoms with E-state index < -0.39 is 11.7 Å². The van der Waals surface area contributed by atoms with Gasteiger partial charge in [-0.15, -0.1) is 0 Å². The van der Waals surface area contributed by atoms with Crippen LogP contribution in [0.15, 0.2) is 30.3 Å². The zero-order chi connectivity index (χ0) is 14.9. The van der Waals surface area contributed by atoms with Gasteiger partial charge in [-0.3, -0.25) is 4.79 Å². The van der Waals surface area contributed by atoms with E-state index in [0.717, 1.165) is 0 Å². The number of nitrogens with one attached hydrogen (secondary N) is 1. The number of anilines is 2. The van der Waals surface area contributed by atoms with Crippen molar-refractivity contribution in [2.75, 3.05) is 11.1 Å². The van der Waals surface area contributed by atoms with Crippen molar-refractivity contribution in [1.82, 2.24) is 0 Å². The highest BCUT2D eigenvalue weighted by Gasteiger charge is 2.16. The number of amides is 1. The van der Waals surface area contributed by atoms with E-state index in [0.29, 0.717) is 27.0 Å². The molecular formula is C14H11Cl2FN2O. The molecular weight excluding hydrogens is 302 g/mol. The lowest BCUT2D eigenvalue weighted by Gasteiger charge is -2.10. The number of carbonyl (C=O) groups excluding carboxylic acids is 1. The van der Waals surface area contributed by atoms with E-state index in [2.05, 4.69) is 5.32 Å². The number of aryl methyl sites for hydroxylation is 1. The molecule has 20 heavy (non-hydrogen) atoms. The standard InChI is InChI=1S/C14H11Cl2FN2O/c1-7-4-9(18)6-10(13(7)17)14(20)19-12-5-8(15)2-3-11(12)16/h2-6H,18H2,1H3,(H,19,20). The predicted octanol–water partition coefficient (Wildman–Crippen LogP) is 4.28. The highest BCUT2D eigenvalue weighted by molar-refractivity contribution is 6.35. The average Bonchev–Trinajstić information content (AvgIpc) is 2.38. The largest absolute Gasteiger partial charge is 0.399 e. The second-order valence-electron chi connectivity index (χ2n) is 4.28. The number of nitrogen functional groups attached to an aromatic ring is 1. The first-order chi connectivity index (χ1) is 9.38. The Morgan fingerprint density at radius 3 is 2.65 bits per heavy atom. The molecule has 2 aromatic carbocycles. The maximum absolute atomic E-state index is 13.9. The summed E-state index contributed by atoms with van der Waals surface area (Å²) in [6, 6.07) is 7.35. The molecule has 2 rings (SSSR count). The minimum absolute atomic E-state index is 0.140. The predicted molar refractivity (Wildman–Crippen MR) is 80.0 cm³/mol. The third-order valence-corrected chi connectivity index (χ3v) is 3.26. The maximum Gasteiger partial charge on any atom is 0.258 e. The Morgan fingerprint density at radius 2 is 1.95 bits per heavy atom. The number of hydrogen-bond donors (Lipinski definition) is 2. The highest BCUT2D eigenvalue weighted by Crippen LogP contribution is 2.26. The zero-order valence-corrected chi connectivity index (χ0v) is 12.0. The van der Waals surface area contributed by atoms with E-state index in [9.17, 15) is 9.18 Å². The van der Waals surface area contributed by atoms with Gasteiger partial charge in [-0.1, -0.05) is 23.2 Å². The van der Waals surface area contributed by atoms with E-state index in [-0.39, 0.29) is 5.56 Å². The number of benzene rings is 2. The molecule has 0 aromatic heterocycles. The molecule has 0 unspecified atom stereocenters. The third-order valence-electron chi connectivity index (χ3n) is 2.70. The SMILES string of the molecule is Cc1cc(N)cc(C(=O)Nc2cc(Cl)ccc2Cl)c1F. The minimum Gasteiger partial charge on any atom is -0.399 e. The van der Waals surface area contributed by atoms with E-state index in [1.54, 1.807) is 12.1 Å². The Hall–Kier alpha value is -1.78. The van der Waals surface area contributed by atoms with Crippen LogP contribution in [0.3, 0.4) is 0 Å². The monoisotopic (exact) mass is 312 g/mol. The summed E-state index contributed by atoms with van der Waals surface area (Å²) in [5.41, 5.74) is 6.40. The van der Waals surface area contributed by atoms with Crippen LogP contribution in [0.2, 0.25) is 10.0 Å². The van der Waals surface area contributed by atoms with Crippen LogP contribution in [0.5, 0.6) is 0 Å². The summed E-state index contributed by atoms with van der Waals surface area (Å²) in [5, 5.41) is 3.23. The van der Waals surface area contributed by atoms with Gasteiger partial charge in [-0.25, -0.2) is 4.39 Å². The summed E-state index contributed by atoms with van der Waals surface area (Å²) < 4.78 is 13.9. The van der Waals surface area contributed by atoms with E-state index >= 15 is 0 Å². The topological polar surface area (TPSA) is 55.1 Å². The lowest BCUT2D eigenvalue weighted by molar-refractivity contribution is 0.102. The molecule has 2 aromatic rings. The molecule has 6 heteroatoms. The van der Waals surface area contributed by atoms with Gasteiger partial charge in [-0.05, 0) is 42.8 Å². The minimum atomic E-state index is -0.637. The maximum atomic E-state index is 13.9. The molecule has 0 spiro atoms. The number of halogens is 3. The molecule has 0 saturated heterocycles. The van der Waals surface area contributed by atoms with Gasteiger partial charge in [0.15, 0.2) is 0 Å². The Bertz CT molecular complexity index is 689. The molecule has 0 atom stereocenters. The Labute approximate surface area is 125 Å². The summed E-state index contributed by atoms with van der Waals surface area (Å²) in [6.07, 6.45) is 0. The van der Waals surface area contributed by atoms with Crippen LogP contribution in [-0.2, 0) is 0 Å². The van der Waals surface area contributed by atoms with Gasteiger partial charge in [0.25, 0.3) is 5.91 Å². The molecule has 0 bridgehead atoms. The fourth-order valence-corrected chi connectivity index (χ4v) is 2.08. The lowest BCUT2D eigenvalue weighted by atomic mass is 10.1. The number of nitrogens with two attached hydrogens (primary N) is 1. The second-order valence-corrected chi connectivity index (χ2v) is 5.12. The van der Waals surface area contributed by atoms with Crippen molar-refractivity contribution in [3.63, 3.8) is 0 Å². The van der Waals surface area contributed by atoms with E-state index in [4.69, 9.17) is 28.9 Å². The molecule has 3 N–H and O–H groups in total. The molecule has 0 radical (unpaired) electrons. The first kappa shape index (κ1) is 14.6. The molecule has 104 valence electrons. The molecule has 3 nitrogen and oxygen atoms in total. The van der Waals surface area contributed by atoms with E-state index in [1.165, 1.54) is 25.1 Å². The van der Waals surface area contributed by atoms with Gasteiger partial charge >= 0.3 is 0 Å². The van der Waals surface area contributed by atoms with Crippen LogP contribution in [0.1, 0.15) is 15.9 Å². The van der Waals surface area contributed by atoms with Gasteiger partial charge in [-0.2, -0.15) is 0 Å². The number of carbonyl (C=O) groups is 1. The number of hydrogen-bond acceptors (Lipinski definition) is 2. The van der Waals surface area contributed by atoms with Gasteiger partial charge in [0.05, 0.1) is 16.3 Å². The fourth-order valence-electron chi connectivity index (χ4n) is 1.75. The second kappa shape index (κ2) is 5.69. The lowest BCUT2D eigenvalue weighted by Crippen LogP contribution is -2.15. The third kappa shape index (κ3) is 3.03. The fraction of sp³-hybridized carbons (Fsp3) is 0.0714. The first-order valence-electron chi connectivity index (χ1n) is 5.70. The molecule has 0 saturated carbocycles. The molecule has 0 fully saturated rings. The van der Waals surface area contributed by atoms with Crippen LogP contribution in [-0.4, -0.2) is 5.91 Å². The number of rotatable bonds is 2. The average molecular weight is 313 g/mol. The Balaban J connectivity index is 2.35. The summed E-state index contributed by atoms with van der Waals surface area (Å²) in [6.45, 7) is 1.54. The normalized spacial score (nSPS) is 10.4.